The van der Waals surface area contributed by atoms with Crippen molar-refractivity contribution < 1.29 is 19.2 Å². The van der Waals surface area contributed by atoms with Crippen LogP contribution >= 0.6 is 0 Å². The van der Waals surface area contributed by atoms with Crippen LogP contribution in [0.3, 0.4) is 0 Å². The molecule has 0 aliphatic heterocycles. The zero-order valence-corrected chi connectivity index (χ0v) is 15.1. The van der Waals surface area contributed by atoms with Crippen LogP contribution in [0, 0.1) is 5.82 Å². The summed E-state index contributed by atoms with van der Waals surface area (Å²) in [6.07, 6.45) is 0. The molecule has 0 radical (unpaired) electrons. The highest BCUT2D eigenvalue weighted by Crippen LogP contribution is 2.15. The van der Waals surface area contributed by atoms with Gasteiger partial charge in [0.15, 0.2) is 6.04 Å². The second-order valence-electron chi connectivity index (χ2n) is 6.17. The Balaban J connectivity index is 1.74. The lowest BCUT2D eigenvalue weighted by atomic mass is 10.1. The Kier molecular flexibility index (Phi) is 6.18. The molecule has 0 fully saturated rings. The number of benzene rings is 3. The number of amides is 1. The molecule has 3 aromatic carbocycles. The van der Waals surface area contributed by atoms with Gasteiger partial charge in [-0.2, -0.15) is 0 Å². The SMILES string of the molecule is COc1ccc(C[NH2+][C@@H](C(=O)Nc2ccc(F)cc2)c2ccccc2)cc1. The van der Waals surface area contributed by atoms with Crippen LogP contribution < -0.4 is 15.4 Å². The van der Waals surface area contributed by atoms with Gasteiger partial charge in [-0.25, -0.2) is 4.39 Å². The predicted molar refractivity (Wildman–Crippen MR) is 103 cm³/mol. The number of carbonyl (C=O) groups is 1. The quantitative estimate of drug-likeness (QED) is 0.675. The number of hydrogen-bond acceptors (Lipinski definition) is 2. The number of quaternary nitrogens is 1. The summed E-state index contributed by atoms with van der Waals surface area (Å²) in [7, 11) is 1.63. The van der Waals surface area contributed by atoms with Gasteiger partial charge in [0, 0.05) is 16.8 Å². The lowest BCUT2D eigenvalue weighted by Gasteiger charge is -2.16. The van der Waals surface area contributed by atoms with Crippen molar-refractivity contribution in [2.75, 3.05) is 12.4 Å². The molecular formula is C22H22FN2O2+. The molecule has 0 aromatic heterocycles. The lowest BCUT2D eigenvalue weighted by molar-refractivity contribution is -0.697. The summed E-state index contributed by atoms with van der Waals surface area (Å²) in [6, 6.07) is 22.7. The molecule has 27 heavy (non-hydrogen) atoms. The van der Waals surface area contributed by atoms with Gasteiger partial charge in [0.25, 0.3) is 5.91 Å². The number of rotatable bonds is 7. The first kappa shape index (κ1) is 18.6. The van der Waals surface area contributed by atoms with Crippen LogP contribution in [-0.2, 0) is 11.3 Å². The molecule has 0 spiro atoms. The fourth-order valence-corrected chi connectivity index (χ4v) is 2.82. The van der Waals surface area contributed by atoms with E-state index in [-0.39, 0.29) is 11.7 Å². The van der Waals surface area contributed by atoms with E-state index in [2.05, 4.69) is 5.32 Å². The van der Waals surface area contributed by atoms with E-state index in [0.29, 0.717) is 12.2 Å². The highest BCUT2D eigenvalue weighted by molar-refractivity contribution is 5.94. The fourth-order valence-electron chi connectivity index (χ4n) is 2.82. The highest BCUT2D eigenvalue weighted by Gasteiger charge is 2.24. The third kappa shape index (κ3) is 5.15. The maximum absolute atomic E-state index is 13.1. The van der Waals surface area contributed by atoms with Crippen molar-refractivity contribution in [1.82, 2.24) is 0 Å². The van der Waals surface area contributed by atoms with Crippen LogP contribution in [0.2, 0.25) is 0 Å². The molecule has 4 nitrogen and oxygen atoms in total. The number of anilines is 1. The zero-order chi connectivity index (χ0) is 19.1. The fraction of sp³-hybridized carbons (Fsp3) is 0.136. The average molecular weight is 365 g/mol. The number of hydrogen-bond donors (Lipinski definition) is 2. The average Bonchev–Trinajstić information content (AvgIpc) is 2.71. The van der Waals surface area contributed by atoms with Crippen molar-refractivity contribution in [3.8, 4) is 5.75 Å². The third-order valence-corrected chi connectivity index (χ3v) is 4.30. The second-order valence-corrected chi connectivity index (χ2v) is 6.17. The van der Waals surface area contributed by atoms with E-state index in [1.807, 2.05) is 59.9 Å². The predicted octanol–water partition coefficient (Wildman–Crippen LogP) is 3.28. The molecule has 1 amide bonds. The molecular weight excluding hydrogens is 343 g/mol. The zero-order valence-electron chi connectivity index (χ0n) is 15.1. The first-order valence-corrected chi connectivity index (χ1v) is 8.73. The summed E-state index contributed by atoms with van der Waals surface area (Å²) in [5.41, 5.74) is 2.57. The first-order chi connectivity index (χ1) is 13.2. The van der Waals surface area contributed by atoms with E-state index in [4.69, 9.17) is 4.74 Å². The minimum absolute atomic E-state index is 0.152. The molecule has 138 valence electrons. The molecule has 3 N–H and O–H groups in total. The van der Waals surface area contributed by atoms with Crippen molar-refractivity contribution in [3.63, 3.8) is 0 Å². The lowest BCUT2D eigenvalue weighted by Crippen LogP contribution is -2.85. The van der Waals surface area contributed by atoms with E-state index in [0.717, 1.165) is 16.9 Å². The summed E-state index contributed by atoms with van der Waals surface area (Å²) in [5.74, 6) is 0.312. The van der Waals surface area contributed by atoms with Crippen molar-refractivity contribution in [1.29, 1.82) is 0 Å². The third-order valence-electron chi connectivity index (χ3n) is 4.30. The summed E-state index contributed by atoms with van der Waals surface area (Å²) >= 11 is 0. The van der Waals surface area contributed by atoms with Gasteiger partial charge in [-0.1, -0.05) is 30.3 Å². The van der Waals surface area contributed by atoms with Crippen LogP contribution in [0.15, 0.2) is 78.9 Å². The maximum atomic E-state index is 13.1. The van der Waals surface area contributed by atoms with Gasteiger partial charge in [-0.3, -0.25) is 4.79 Å². The van der Waals surface area contributed by atoms with Crippen LogP contribution in [0.1, 0.15) is 17.2 Å². The standard InChI is InChI=1S/C22H21FN2O2/c1-27-20-13-7-16(8-14-20)15-24-21(17-5-3-2-4-6-17)22(26)25-19-11-9-18(23)10-12-19/h2-14,21,24H,15H2,1H3,(H,25,26)/p+1/t21-/m1/s1. The molecule has 3 rings (SSSR count). The van der Waals surface area contributed by atoms with E-state index >= 15 is 0 Å². The van der Waals surface area contributed by atoms with Gasteiger partial charge in [0.05, 0.1) is 7.11 Å². The summed E-state index contributed by atoms with van der Waals surface area (Å²) < 4.78 is 18.3. The smallest absolute Gasteiger partial charge is 0.287 e. The Bertz CT molecular complexity index is 865. The number of nitrogens with two attached hydrogens (primary N) is 1. The van der Waals surface area contributed by atoms with E-state index < -0.39 is 6.04 Å². The summed E-state index contributed by atoms with van der Waals surface area (Å²) in [5, 5.41) is 4.85. The summed E-state index contributed by atoms with van der Waals surface area (Å²) in [4.78, 5) is 12.9. The maximum Gasteiger partial charge on any atom is 0.287 e. The minimum atomic E-state index is -0.418. The Morgan fingerprint density at radius 3 is 2.30 bits per heavy atom. The van der Waals surface area contributed by atoms with Crippen molar-refractivity contribution in [3.05, 3.63) is 95.8 Å². The molecule has 0 bridgehead atoms. The molecule has 0 aliphatic carbocycles. The Morgan fingerprint density at radius 2 is 1.67 bits per heavy atom. The van der Waals surface area contributed by atoms with Gasteiger partial charge in [0.2, 0.25) is 0 Å². The number of nitrogens with one attached hydrogen (secondary N) is 1. The van der Waals surface area contributed by atoms with Crippen LogP contribution in [0.4, 0.5) is 10.1 Å². The van der Waals surface area contributed by atoms with Crippen molar-refractivity contribution in [2.45, 2.75) is 12.6 Å². The van der Waals surface area contributed by atoms with E-state index in [9.17, 15) is 9.18 Å². The highest BCUT2D eigenvalue weighted by atomic mass is 19.1. The molecule has 0 heterocycles. The molecule has 1 atom stereocenters. The number of halogens is 1. The molecule has 3 aromatic rings. The van der Waals surface area contributed by atoms with Gasteiger partial charge in [-0.05, 0) is 48.5 Å². The number of carbonyl (C=O) groups excluding carboxylic acids is 1. The molecule has 5 heteroatoms. The first-order valence-electron chi connectivity index (χ1n) is 8.73. The van der Waals surface area contributed by atoms with Crippen LogP contribution in [0.25, 0.3) is 0 Å². The van der Waals surface area contributed by atoms with Crippen molar-refractivity contribution in [2.24, 2.45) is 0 Å². The van der Waals surface area contributed by atoms with Gasteiger partial charge >= 0.3 is 0 Å². The Morgan fingerprint density at radius 1 is 1.00 bits per heavy atom. The molecule has 0 saturated carbocycles. The van der Waals surface area contributed by atoms with Crippen LogP contribution in [0.5, 0.6) is 5.75 Å². The van der Waals surface area contributed by atoms with Crippen LogP contribution in [-0.4, -0.2) is 13.0 Å². The second kappa shape index (κ2) is 8.96. The van der Waals surface area contributed by atoms with E-state index in [1.54, 1.807) is 19.2 Å². The van der Waals surface area contributed by atoms with Gasteiger partial charge in [0.1, 0.15) is 18.1 Å². The topological polar surface area (TPSA) is 54.9 Å². The van der Waals surface area contributed by atoms with Gasteiger partial charge in [-0.15, -0.1) is 0 Å². The minimum Gasteiger partial charge on any atom is -0.497 e. The monoisotopic (exact) mass is 365 g/mol. The molecule has 0 saturated heterocycles. The normalized spacial score (nSPS) is 11.6. The van der Waals surface area contributed by atoms with Gasteiger partial charge < -0.3 is 15.4 Å². The number of ether oxygens (including phenoxy) is 1. The van der Waals surface area contributed by atoms with E-state index in [1.165, 1.54) is 12.1 Å². The summed E-state index contributed by atoms with van der Waals surface area (Å²) in [6.45, 7) is 0.639. The molecule has 0 aliphatic rings. The Labute approximate surface area is 158 Å². The van der Waals surface area contributed by atoms with Crippen molar-refractivity contribution >= 4 is 11.6 Å². The Hall–Kier alpha value is -3.18. The molecule has 0 unspecified atom stereocenters. The largest absolute Gasteiger partial charge is 0.497 e. The number of methoxy groups -OCH3 is 1.